The number of fused-ring (bicyclic) bond motifs is 1. The molecule has 8 aromatic rings. The van der Waals surface area contributed by atoms with Gasteiger partial charge in [0.05, 0.1) is 16.6 Å². The molecule has 0 fully saturated rings. The van der Waals surface area contributed by atoms with Crippen LogP contribution in [0.25, 0.3) is 72.7 Å². The molecule has 0 saturated carbocycles. The monoisotopic (exact) mass is 901 g/mol. The van der Waals surface area contributed by atoms with Crippen LogP contribution in [0.15, 0.2) is 146 Å². The third kappa shape index (κ3) is 7.44. The van der Waals surface area contributed by atoms with Gasteiger partial charge in [0.15, 0.2) is 0 Å². The normalized spacial score (nSPS) is 13.0. The van der Waals surface area contributed by atoms with Gasteiger partial charge in [0, 0.05) is 44.1 Å². The third-order valence-corrected chi connectivity index (χ3v) is 10.0. The summed E-state index contributed by atoms with van der Waals surface area (Å²) in [5, 5.41) is 11.2. The van der Waals surface area contributed by atoms with Crippen molar-refractivity contribution >= 4 is 11.0 Å². The zero-order valence-electron chi connectivity index (χ0n) is 35.5. The van der Waals surface area contributed by atoms with E-state index < -0.39 is 12.7 Å². The number of phenols is 1. The van der Waals surface area contributed by atoms with E-state index in [1.165, 1.54) is 0 Å². The first-order chi connectivity index (χ1) is 27.6. The number of hydrogen-bond acceptors (Lipinski definition) is 3. The first kappa shape index (κ1) is 32.8. The fraction of sp³-hybridized carbons (Fsp3) is 0.160. The molecule has 0 saturated heterocycles. The Morgan fingerprint density at radius 2 is 1.44 bits per heavy atom. The van der Waals surface area contributed by atoms with Gasteiger partial charge in [-0.3, -0.25) is 9.55 Å². The number of benzene rings is 6. The van der Waals surface area contributed by atoms with Crippen molar-refractivity contribution in [1.29, 1.82) is 0 Å². The number of aromatic hydroxyl groups is 1. The van der Waals surface area contributed by atoms with E-state index >= 15 is 0 Å². The fourth-order valence-corrected chi connectivity index (χ4v) is 7.00. The van der Waals surface area contributed by atoms with Crippen LogP contribution in [-0.4, -0.2) is 19.6 Å². The Labute approximate surface area is 344 Å². The molecule has 0 spiro atoms. The maximum atomic E-state index is 11.2. The average Bonchev–Trinajstić information content (AvgIpc) is 3.60. The van der Waals surface area contributed by atoms with Crippen LogP contribution in [-0.2, 0) is 26.5 Å². The zero-order valence-corrected chi connectivity index (χ0v) is 33.7. The van der Waals surface area contributed by atoms with E-state index in [4.69, 9.17) is 15.5 Å². The largest absolute Gasteiger partial charge is 0.507 e. The maximum Gasteiger partial charge on any atom is 0.148 e. The van der Waals surface area contributed by atoms with Crippen molar-refractivity contribution in [1.82, 2.24) is 14.5 Å². The van der Waals surface area contributed by atoms with E-state index in [2.05, 4.69) is 57.2 Å². The molecular formula is C50H44N3OPt-. The fourth-order valence-electron chi connectivity index (χ4n) is 7.00. The standard InChI is InChI=1S/C50H44N3O.Pt/c1-32(2)34-19-21-35(22-20-34)37-25-26-51-45(31-37)39-28-38(29-40(30-39)50(4,5)6)43-16-12-17-46-48(43)52-49(44-15-10-11-18-47(44)54)53(46)41-23-24-42(33(3)27-41)36-13-8-7-9-14-36;/h7-27,29-32,54H,1-6H3;/q-1;/i3D3,32D;. The summed E-state index contributed by atoms with van der Waals surface area (Å²) in [4.78, 5) is 10.1. The molecule has 5 heteroatoms. The SMILES string of the molecule is [2H]C([2H])([2H])c1cc(-n2c(-c3ccccc3O)nc3c(-c4[c-]c(-c5cc(-c6ccc(C([2H])(C)C)cc6)ccn5)cc(C(C)(C)C)c4)cccc32)ccc1-c1ccccc1.[Pt]. The van der Waals surface area contributed by atoms with Gasteiger partial charge in [-0.05, 0) is 87.9 Å². The number of phenolic OH excluding ortho intramolecular Hbond substituents is 1. The Morgan fingerprint density at radius 3 is 2.16 bits per heavy atom. The third-order valence-electron chi connectivity index (χ3n) is 10.0. The second kappa shape index (κ2) is 15.3. The molecule has 1 N–H and O–H groups in total. The van der Waals surface area contributed by atoms with Crippen LogP contribution in [0.3, 0.4) is 0 Å². The van der Waals surface area contributed by atoms with E-state index in [0.717, 1.165) is 55.7 Å². The second-order valence-corrected chi connectivity index (χ2v) is 15.0. The van der Waals surface area contributed by atoms with E-state index in [1.54, 1.807) is 18.2 Å². The van der Waals surface area contributed by atoms with Crippen LogP contribution >= 0.6 is 0 Å². The molecule has 2 aromatic heterocycles. The molecule has 0 aliphatic carbocycles. The van der Waals surface area contributed by atoms with Gasteiger partial charge in [-0.1, -0.05) is 137 Å². The van der Waals surface area contributed by atoms with Crippen molar-refractivity contribution in [2.24, 2.45) is 0 Å². The topological polar surface area (TPSA) is 50.9 Å². The number of aryl methyl sites for hydroxylation is 1. The molecule has 2 heterocycles. The summed E-state index contributed by atoms with van der Waals surface area (Å²) in [6.45, 7) is 7.93. The number of hydrogen-bond donors (Lipinski definition) is 1. The van der Waals surface area contributed by atoms with E-state index in [-0.39, 0.29) is 37.8 Å². The molecule has 0 unspecified atom stereocenters. The summed E-state index contributed by atoms with van der Waals surface area (Å²) in [6.07, 6.45) is 1.82. The Bertz CT molecular complexity index is 2800. The molecule has 276 valence electrons. The van der Waals surface area contributed by atoms with Gasteiger partial charge in [0.1, 0.15) is 11.6 Å². The van der Waals surface area contributed by atoms with Crippen LogP contribution < -0.4 is 0 Å². The number of imidazole rings is 1. The van der Waals surface area contributed by atoms with Gasteiger partial charge in [0.25, 0.3) is 0 Å². The summed E-state index contributed by atoms with van der Waals surface area (Å²) in [7, 11) is 0. The summed E-state index contributed by atoms with van der Waals surface area (Å²) in [6, 6.07) is 48.3. The molecule has 0 aliphatic heterocycles. The van der Waals surface area contributed by atoms with E-state index in [0.29, 0.717) is 28.2 Å². The summed E-state index contributed by atoms with van der Waals surface area (Å²) in [5.74, 6) is -0.147. The number of para-hydroxylation sites is 2. The number of aromatic nitrogens is 3. The Hall–Kier alpha value is -5.57. The Balaban J connectivity index is 0.00000528. The van der Waals surface area contributed by atoms with Crippen molar-refractivity contribution < 1.29 is 31.7 Å². The van der Waals surface area contributed by atoms with Gasteiger partial charge >= 0.3 is 0 Å². The molecule has 8 rings (SSSR count). The van der Waals surface area contributed by atoms with Crippen molar-refractivity contribution in [2.45, 2.75) is 52.8 Å². The van der Waals surface area contributed by atoms with Crippen molar-refractivity contribution in [3.63, 3.8) is 0 Å². The molecule has 0 aliphatic rings. The van der Waals surface area contributed by atoms with Gasteiger partial charge in [0.2, 0.25) is 0 Å². The zero-order chi connectivity index (χ0) is 41.0. The van der Waals surface area contributed by atoms with Crippen molar-refractivity contribution in [3.8, 4) is 67.5 Å². The van der Waals surface area contributed by atoms with Crippen LogP contribution in [0.4, 0.5) is 0 Å². The quantitative estimate of drug-likeness (QED) is 0.162. The number of pyridine rings is 1. The van der Waals surface area contributed by atoms with Gasteiger partial charge in [-0.25, -0.2) is 4.98 Å². The molecule has 4 nitrogen and oxygen atoms in total. The van der Waals surface area contributed by atoms with Gasteiger partial charge in [-0.2, -0.15) is 0 Å². The van der Waals surface area contributed by atoms with E-state index in [9.17, 15) is 5.11 Å². The van der Waals surface area contributed by atoms with Crippen LogP contribution in [0.5, 0.6) is 5.75 Å². The second-order valence-electron chi connectivity index (χ2n) is 15.0. The smallest absolute Gasteiger partial charge is 0.148 e. The van der Waals surface area contributed by atoms with Gasteiger partial charge in [-0.15, -0.1) is 29.3 Å². The van der Waals surface area contributed by atoms with Crippen LogP contribution in [0.1, 0.15) is 62.7 Å². The predicted molar refractivity (Wildman–Crippen MR) is 224 cm³/mol. The summed E-state index contributed by atoms with van der Waals surface area (Å²) >= 11 is 0. The minimum Gasteiger partial charge on any atom is -0.507 e. The minimum absolute atomic E-state index is 0. The molecule has 0 atom stereocenters. The van der Waals surface area contributed by atoms with Crippen LogP contribution in [0.2, 0.25) is 0 Å². The number of rotatable bonds is 7. The molecule has 6 aromatic carbocycles. The molecule has 0 bridgehead atoms. The van der Waals surface area contributed by atoms with Gasteiger partial charge < -0.3 is 5.11 Å². The first-order valence-electron chi connectivity index (χ1n) is 20.2. The molecule has 55 heavy (non-hydrogen) atoms. The maximum absolute atomic E-state index is 11.2. The number of nitrogens with zero attached hydrogens (tertiary/aromatic N) is 3. The minimum atomic E-state index is -2.40. The van der Waals surface area contributed by atoms with Crippen molar-refractivity contribution in [2.75, 3.05) is 0 Å². The summed E-state index contributed by atoms with van der Waals surface area (Å²) in [5.41, 5.74) is 11.4. The first-order valence-corrected chi connectivity index (χ1v) is 18.2. The predicted octanol–water partition coefficient (Wildman–Crippen LogP) is 13.0. The molecule has 0 amide bonds. The average molecular weight is 902 g/mol. The molecule has 0 radical (unpaired) electrons. The Morgan fingerprint density at radius 1 is 0.709 bits per heavy atom. The van der Waals surface area contributed by atoms with E-state index in [1.807, 2.05) is 116 Å². The molecular weight excluding hydrogens is 854 g/mol. The van der Waals surface area contributed by atoms with Crippen molar-refractivity contribution in [3.05, 3.63) is 168 Å². The Kier molecular flexibility index (Phi) is 9.12. The van der Waals surface area contributed by atoms with Crippen LogP contribution in [0, 0.1) is 12.9 Å². The summed E-state index contributed by atoms with van der Waals surface area (Å²) < 4.78 is 36.0.